The van der Waals surface area contributed by atoms with Gasteiger partial charge < -0.3 is 26.2 Å². The van der Waals surface area contributed by atoms with E-state index in [2.05, 4.69) is 15.2 Å². The number of urea groups is 2. The van der Waals surface area contributed by atoms with E-state index in [-0.39, 0.29) is 6.54 Å². The minimum atomic E-state index is -4.60. The molecule has 37 heavy (non-hydrogen) atoms. The van der Waals surface area contributed by atoms with Gasteiger partial charge in [0.05, 0.1) is 5.52 Å². The van der Waals surface area contributed by atoms with Crippen LogP contribution >= 0.6 is 11.6 Å². The van der Waals surface area contributed by atoms with E-state index >= 15 is 0 Å². The monoisotopic (exact) mass is 541 g/mol. The van der Waals surface area contributed by atoms with Gasteiger partial charge in [-0.3, -0.25) is 9.69 Å². The molecule has 2 aromatic rings. The van der Waals surface area contributed by atoms with Gasteiger partial charge in [0, 0.05) is 54.9 Å². The molecular weight excluding hydrogens is 515 g/mol. The molecule has 3 heterocycles. The Labute approximate surface area is 215 Å². The maximum absolute atomic E-state index is 12.9. The van der Waals surface area contributed by atoms with Crippen molar-refractivity contribution in [2.24, 2.45) is 0 Å². The number of piperazine rings is 1. The number of amides is 5. The number of carbonyl (C=O) groups excluding carboxylic acids is 3. The second-order valence-corrected chi connectivity index (χ2v) is 9.40. The third-order valence-electron chi connectivity index (χ3n) is 6.35. The van der Waals surface area contributed by atoms with Crippen molar-refractivity contribution in [2.75, 3.05) is 49.9 Å². The first-order valence-electron chi connectivity index (χ1n) is 11.8. The Morgan fingerprint density at radius 3 is 2.51 bits per heavy atom. The number of hydrogen-bond acceptors (Lipinski definition) is 6. The largest absolute Gasteiger partial charge is 0.405 e. The molecule has 0 aliphatic carbocycles. The number of nitrogens with zero attached hydrogens (tertiary/aromatic N) is 4. The number of carbonyl (C=O) groups is 3. The van der Waals surface area contributed by atoms with Crippen molar-refractivity contribution in [3.63, 3.8) is 0 Å². The number of likely N-dealkylation sites (tertiary alicyclic amines) is 1. The van der Waals surface area contributed by atoms with Gasteiger partial charge in [-0.2, -0.15) is 13.2 Å². The molecule has 0 bridgehead atoms. The summed E-state index contributed by atoms with van der Waals surface area (Å²) in [6.45, 7) is 0.169. The predicted octanol–water partition coefficient (Wildman–Crippen LogP) is 2.96. The summed E-state index contributed by atoms with van der Waals surface area (Å²) in [5.74, 6) is -0.373. The topological polar surface area (TPSA) is 124 Å². The van der Waals surface area contributed by atoms with Crippen molar-refractivity contribution in [3.05, 3.63) is 29.3 Å². The molecule has 4 N–H and O–H groups in total. The molecule has 2 aliphatic heterocycles. The van der Waals surface area contributed by atoms with Crippen LogP contribution in [0.15, 0.2) is 24.3 Å². The molecule has 2 aliphatic rings. The number of alkyl halides is 3. The van der Waals surface area contributed by atoms with Crippen LogP contribution in [0.1, 0.15) is 19.3 Å². The average Bonchev–Trinajstić information content (AvgIpc) is 3.02. The lowest BCUT2D eigenvalue weighted by Crippen LogP contribution is -2.57. The molecule has 10 nitrogen and oxygen atoms in total. The standard InChI is InChI=1S/C23H27ClF3N7O3/c24-14-4-5-15-17(11-14)30-19(28)12-18(15)32-7-9-33(10-8-32)22(37)31-16-3-1-2-6-34(20(16)35)21(36)29-13-23(25,26)27/h4-5,11-12,16H,1-3,6-10,13H2,(H2,28,30)(H,29,36)(H,31,37). The summed E-state index contributed by atoms with van der Waals surface area (Å²) in [5, 5.41) is 5.81. The lowest BCUT2D eigenvalue weighted by atomic mass is 10.1. The number of hydrogen-bond donors (Lipinski definition) is 3. The Morgan fingerprint density at radius 2 is 1.81 bits per heavy atom. The number of nitrogens with two attached hydrogens (primary N) is 1. The van der Waals surface area contributed by atoms with E-state index in [1.54, 1.807) is 28.4 Å². The maximum Gasteiger partial charge on any atom is 0.405 e. The first-order valence-corrected chi connectivity index (χ1v) is 12.2. The van der Waals surface area contributed by atoms with E-state index in [9.17, 15) is 27.6 Å². The molecule has 0 saturated carbocycles. The molecule has 14 heteroatoms. The van der Waals surface area contributed by atoms with E-state index in [4.69, 9.17) is 17.3 Å². The van der Waals surface area contributed by atoms with Gasteiger partial charge in [-0.1, -0.05) is 11.6 Å². The molecule has 0 radical (unpaired) electrons. The van der Waals surface area contributed by atoms with E-state index in [1.807, 2.05) is 6.07 Å². The summed E-state index contributed by atoms with van der Waals surface area (Å²) in [5.41, 5.74) is 7.52. The van der Waals surface area contributed by atoms with Crippen LogP contribution in [0, 0.1) is 0 Å². The Kier molecular flexibility index (Phi) is 7.81. The number of pyridine rings is 1. The van der Waals surface area contributed by atoms with Gasteiger partial charge in [0.25, 0.3) is 5.91 Å². The fourth-order valence-corrected chi connectivity index (χ4v) is 4.67. The zero-order valence-electron chi connectivity index (χ0n) is 19.9. The van der Waals surface area contributed by atoms with Crippen LogP contribution in [-0.4, -0.2) is 84.2 Å². The van der Waals surface area contributed by atoms with Crippen molar-refractivity contribution >= 4 is 52.0 Å². The second-order valence-electron chi connectivity index (χ2n) is 8.96. The highest BCUT2D eigenvalue weighted by molar-refractivity contribution is 6.31. The fourth-order valence-electron chi connectivity index (χ4n) is 4.50. The fraction of sp³-hybridized carbons (Fsp3) is 0.478. The summed E-state index contributed by atoms with van der Waals surface area (Å²) < 4.78 is 37.4. The van der Waals surface area contributed by atoms with E-state index in [0.717, 1.165) is 16.0 Å². The molecule has 1 aromatic carbocycles. The number of rotatable bonds is 3. The van der Waals surface area contributed by atoms with Gasteiger partial charge in [-0.25, -0.2) is 14.6 Å². The predicted molar refractivity (Wildman–Crippen MR) is 132 cm³/mol. The van der Waals surface area contributed by atoms with Crippen molar-refractivity contribution in [2.45, 2.75) is 31.5 Å². The Morgan fingerprint density at radius 1 is 1.08 bits per heavy atom. The van der Waals surface area contributed by atoms with Crippen molar-refractivity contribution in [3.8, 4) is 0 Å². The van der Waals surface area contributed by atoms with Crippen LogP contribution in [0.2, 0.25) is 5.02 Å². The van der Waals surface area contributed by atoms with Gasteiger partial charge >= 0.3 is 18.2 Å². The first-order chi connectivity index (χ1) is 17.5. The highest BCUT2D eigenvalue weighted by Gasteiger charge is 2.35. The average molecular weight is 542 g/mol. The van der Waals surface area contributed by atoms with Crippen LogP contribution in [0.5, 0.6) is 0 Å². The number of anilines is 2. The smallest absolute Gasteiger partial charge is 0.384 e. The van der Waals surface area contributed by atoms with Gasteiger partial charge in [-0.05, 0) is 37.5 Å². The Hall–Kier alpha value is -3.48. The minimum Gasteiger partial charge on any atom is -0.384 e. The van der Waals surface area contributed by atoms with Crippen LogP contribution in [0.4, 0.5) is 34.3 Å². The van der Waals surface area contributed by atoms with E-state index in [0.29, 0.717) is 61.8 Å². The van der Waals surface area contributed by atoms with E-state index < -0.39 is 36.7 Å². The van der Waals surface area contributed by atoms with Crippen LogP contribution < -0.4 is 21.3 Å². The molecule has 1 unspecified atom stereocenters. The quantitative estimate of drug-likeness (QED) is 0.549. The SMILES string of the molecule is Nc1cc(N2CCN(C(=O)NC3CCCCN(C(=O)NCC(F)(F)F)C3=O)CC2)c2ccc(Cl)cc2n1. The number of imide groups is 1. The highest BCUT2D eigenvalue weighted by atomic mass is 35.5. The zero-order valence-corrected chi connectivity index (χ0v) is 20.6. The first kappa shape index (κ1) is 26.6. The van der Waals surface area contributed by atoms with Crippen LogP contribution in [0.25, 0.3) is 10.9 Å². The third-order valence-corrected chi connectivity index (χ3v) is 6.58. The van der Waals surface area contributed by atoms with Crippen LogP contribution in [0.3, 0.4) is 0 Å². The van der Waals surface area contributed by atoms with Gasteiger partial charge in [0.15, 0.2) is 0 Å². The van der Waals surface area contributed by atoms with Gasteiger partial charge in [0.2, 0.25) is 0 Å². The van der Waals surface area contributed by atoms with Gasteiger partial charge in [-0.15, -0.1) is 0 Å². The summed E-state index contributed by atoms with van der Waals surface area (Å²) >= 11 is 6.08. The number of fused-ring (bicyclic) bond motifs is 1. The molecule has 4 rings (SSSR count). The number of aromatic nitrogens is 1. The second kappa shape index (κ2) is 10.9. The maximum atomic E-state index is 12.9. The number of nitrogens with one attached hydrogen (secondary N) is 2. The summed E-state index contributed by atoms with van der Waals surface area (Å²) in [7, 11) is 0. The molecule has 2 fully saturated rings. The molecule has 1 aromatic heterocycles. The summed E-state index contributed by atoms with van der Waals surface area (Å²) in [6.07, 6.45) is -3.33. The van der Waals surface area contributed by atoms with Crippen molar-refractivity contribution < 1.29 is 27.6 Å². The number of halogens is 4. The van der Waals surface area contributed by atoms with Crippen molar-refractivity contribution in [1.29, 1.82) is 0 Å². The molecule has 200 valence electrons. The summed E-state index contributed by atoms with van der Waals surface area (Å²) in [4.78, 5) is 46.7. The lowest BCUT2D eigenvalue weighted by molar-refractivity contribution is -0.132. The Bertz CT molecular complexity index is 1180. The normalized spacial score (nSPS) is 19.1. The lowest BCUT2D eigenvalue weighted by Gasteiger charge is -2.37. The van der Waals surface area contributed by atoms with E-state index in [1.165, 1.54) is 0 Å². The molecular formula is C23H27ClF3N7O3. The van der Waals surface area contributed by atoms with Crippen molar-refractivity contribution in [1.82, 2.24) is 25.4 Å². The van der Waals surface area contributed by atoms with Crippen LogP contribution in [-0.2, 0) is 4.79 Å². The third kappa shape index (κ3) is 6.45. The molecule has 5 amide bonds. The summed E-state index contributed by atoms with van der Waals surface area (Å²) in [6, 6.07) is 4.55. The highest BCUT2D eigenvalue weighted by Crippen LogP contribution is 2.30. The van der Waals surface area contributed by atoms with Gasteiger partial charge in [0.1, 0.15) is 18.4 Å². The zero-order chi connectivity index (χ0) is 26.7. The molecule has 0 spiro atoms. The number of nitrogen functional groups attached to an aromatic ring is 1. The molecule has 1 atom stereocenters. The molecule has 2 saturated heterocycles. The Balaban J connectivity index is 1.37. The number of benzene rings is 1. The minimum absolute atomic E-state index is 0.0121.